The van der Waals surface area contributed by atoms with E-state index in [1.165, 1.54) is 48.5 Å². The molecule has 0 aliphatic carbocycles. The number of alkyl halides is 6. The lowest BCUT2D eigenvalue weighted by Crippen LogP contribution is -2.45. The summed E-state index contributed by atoms with van der Waals surface area (Å²) in [6, 6.07) is 9.85. The minimum Gasteiger partial charge on any atom is -0.375 e. The molecule has 0 fully saturated rings. The maximum absolute atomic E-state index is 13.2. The number of benzene rings is 2. The van der Waals surface area contributed by atoms with Gasteiger partial charge in [0.1, 0.15) is 0 Å². The number of rotatable bonds is 12. The zero-order valence-corrected chi connectivity index (χ0v) is 23.7. The van der Waals surface area contributed by atoms with Crippen molar-refractivity contribution < 1.29 is 40.7 Å². The predicted octanol–water partition coefficient (Wildman–Crippen LogP) is 6.56. The van der Waals surface area contributed by atoms with E-state index in [-0.39, 0.29) is 35.4 Å². The molecule has 2 N–H and O–H groups in total. The Labute approximate surface area is 243 Å². The lowest BCUT2D eigenvalue weighted by atomic mass is 9.98. The highest BCUT2D eigenvalue weighted by molar-refractivity contribution is 5.95. The third-order valence-corrected chi connectivity index (χ3v) is 7.17. The summed E-state index contributed by atoms with van der Waals surface area (Å²) in [5.74, 6) is -0.925. The summed E-state index contributed by atoms with van der Waals surface area (Å²) in [4.78, 5) is 25.2. The molecule has 2 amide bonds. The quantitative estimate of drug-likeness (QED) is 0.264. The molecule has 2 heterocycles. The van der Waals surface area contributed by atoms with E-state index in [0.717, 1.165) is 0 Å². The van der Waals surface area contributed by atoms with E-state index in [4.69, 9.17) is 4.74 Å². The Morgan fingerprint density at radius 3 is 1.51 bits per heavy atom. The van der Waals surface area contributed by atoms with Crippen LogP contribution in [0.4, 0.5) is 26.3 Å². The van der Waals surface area contributed by atoms with Crippen LogP contribution in [0.1, 0.15) is 72.4 Å². The highest BCUT2D eigenvalue weighted by atomic mass is 19.4. The number of hydrogen-bond donors (Lipinski definition) is 2. The maximum atomic E-state index is 13.2. The van der Waals surface area contributed by atoms with Gasteiger partial charge in [-0.25, -0.2) is 0 Å². The second-order valence-corrected chi connectivity index (χ2v) is 11.6. The van der Waals surface area contributed by atoms with E-state index in [1.54, 1.807) is 13.8 Å². The molecule has 0 bridgehead atoms. The Morgan fingerprint density at radius 2 is 1.12 bits per heavy atom. The molecule has 4 rings (SSSR count). The van der Waals surface area contributed by atoms with E-state index in [2.05, 4.69) is 31.1 Å². The summed E-state index contributed by atoms with van der Waals surface area (Å²) in [6.45, 7) is 7.70. The number of hydrogen-bond acceptors (Lipinski definition) is 7. The summed E-state index contributed by atoms with van der Waals surface area (Å²) >= 11 is 0. The Kier molecular flexibility index (Phi) is 8.19. The van der Waals surface area contributed by atoms with Crippen molar-refractivity contribution in [3.05, 3.63) is 70.8 Å². The van der Waals surface area contributed by atoms with Crippen LogP contribution in [-0.2, 0) is 16.1 Å². The van der Waals surface area contributed by atoms with Gasteiger partial charge >= 0.3 is 23.7 Å². The smallest absolute Gasteiger partial charge is 0.375 e. The second kappa shape index (κ2) is 11.0. The van der Waals surface area contributed by atoms with Crippen molar-refractivity contribution in [1.29, 1.82) is 0 Å². The van der Waals surface area contributed by atoms with Gasteiger partial charge in [-0.1, -0.05) is 24.3 Å². The van der Waals surface area contributed by atoms with Crippen LogP contribution in [0.5, 0.6) is 0 Å². The zero-order valence-electron chi connectivity index (χ0n) is 23.7. The van der Waals surface area contributed by atoms with Crippen LogP contribution in [0.2, 0.25) is 0 Å². The van der Waals surface area contributed by atoms with Gasteiger partial charge in [0.15, 0.2) is 0 Å². The molecule has 0 saturated heterocycles. The first-order valence-electron chi connectivity index (χ1n) is 13.3. The summed E-state index contributed by atoms with van der Waals surface area (Å²) < 4.78 is 85.0. The standard InChI is InChI=1S/C28H30F6N6O3/c1-23(2,36-22(42)18-7-11-20(12-8-18)26(39-40-26)28(32,33)34)14-16-43-24(3,4)13-15-35-21(41)17-5-9-19(10-6-17)25(37-38-25)27(29,30)31/h5-12H,13-16H2,1-4H3,(H,35,41)(H,36,42). The van der Waals surface area contributed by atoms with Gasteiger partial charge in [0.05, 0.1) is 5.60 Å². The SMILES string of the molecule is CC(C)(CCOC(C)(C)CCNC(=O)c1ccc(C2(C(F)(F)F)N=N2)cc1)NC(=O)c1ccc(C2(C(F)(F)F)N=N2)cc1. The van der Waals surface area contributed by atoms with Gasteiger partial charge in [0, 0.05) is 40.9 Å². The molecule has 0 spiro atoms. The van der Waals surface area contributed by atoms with E-state index in [0.29, 0.717) is 12.8 Å². The first-order chi connectivity index (χ1) is 19.8. The van der Waals surface area contributed by atoms with Gasteiger partial charge in [0.25, 0.3) is 11.8 Å². The lowest BCUT2D eigenvalue weighted by Gasteiger charge is -2.30. The Balaban J connectivity index is 1.19. The Bertz CT molecular complexity index is 1400. The van der Waals surface area contributed by atoms with Crippen LogP contribution in [0.15, 0.2) is 69.0 Å². The largest absolute Gasteiger partial charge is 0.442 e. The van der Waals surface area contributed by atoms with Crippen LogP contribution >= 0.6 is 0 Å². The van der Waals surface area contributed by atoms with Crippen molar-refractivity contribution in [3.63, 3.8) is 0 Å². The van der Waals surface area contributed by atoms with E-state index < -0.39 is 46.6 Å². The molecule has 2 aromatic carbocycles. The molecule has 9 nitrogen and oxygen atoms in total. The van der Waals surface area contributed by atoms with E-state index in [9.17, 15) is 35.9 Å². The summed E-state index contributed by atoms with van der Waals surface area (Å²) in [5.41, 5.74) is -6.43. The first-order valence-corrected chi connectivity index (χ1v) is 13.3. The number of carbonyl (C=O) groups is 2. The number of nitrogens with one attached hydrogen (secondary N) is 2. The minimum atomic E-state index is -4.65. The van der Waals surface area contributed by atoms with E-state index in [1.807, 2.05) is 13.8 Å². The molecule has 0 radical (unpaired) electrons. The number of nitrogens with zero attached hydrogens (tertiary/aromatic N) is 4. The fraction of sp³-hybridized carbons (Fsp3) is 0.500. The van der Waals surface area contributed by atoms with Crippen molar-refractivity contribution in [3.8, 4) is 0 Å². The molecule has 0 saturated carbocycles. The number of amides is 2. The van der Waals surface area contributed by atoms with Crippen molar-refractivity contribution in [2.45, 2.75) is 75.4 Å². The van der Waals surface area contributed by atoms with Gasteiger partial charge in [0.2, 0.25) is 0 Å². The van der Waals surface area contributed by atoms with Crippen LogP contribution in [0, 0.1) is 0 Å². The molecule has 2 aliphatic rings. The molecule has 0 unspecified atom stereocenters. The van der Waals surface area contributed by atoms with Crippen molar-refractivity contribution >= 4 is 11.8 Å². The monoisotopic (exact) mass is 612 g/mol. The molecule has 43 heavy (non-hydrogen) atoms. The minimum absolute atomic E-state index is 0.164. The third-order valence-electron chi connectivity index (χ3n) is 7.17. The van der Waals surface area contributed by atoms with Gasteiger partial charge in [-0.3, -0.25) is 9.59 Å². The van der Waals surface area contributed by atoms with Crippen molar-refractivity contribution in [2.24, 2.45) is 20.5 Å². The number of halogens is 6. The fourth-order valence-electron chi connectivity index (χ4n) is 4.27. The summed E-state index contributed by atoms with van der Waals surface area (Å²) in [5, 5.41) is 18.1. The average molecular weight is 613 g/mol. The van der Waals surface area contributed by atoms with Gasteiger partial charge in [-0.15, -0.1) is 20.5 Å². The lowest BCUT2D eigenvalue weighted by molar-refractivity contribution is -0.166. The number of ether oxygens (including phenoxy) is 1. The maximum Gasteiger partial charge on any atom is 0.442 e. The number of carbonyl (C=O) groups excluding carboxylic acids is 2. The van der Waals surface area contributed by atoms with Crippen LogP contribution in [0.3, 0.4) is 0 Å². The Hall–Kier alpha value is -3.88. The highest BCUT2D eigenvalue weighted by Gasteiger charge is 2.66. The normalized spacial score (nSPS) is 17.0. The predicted molar refractivity (Wildman–Crippen MR) is 141 cm³/mol. The van der Waals surface area contributed by atoms with Crippen molar-refractivity contribution in [1.82, 2.24) is 10.6 Å². The molecular formula is C28H30F6N6O3. The van der Waals surface area contributed by atoms with Gasteiger partial charge in [-0.05, 0) is 64.8 Å². The fourth-order valence-corrected chi connectivity index (χ4v) is 4.27. The third kappa shape index (κ3) is 7.03. The van der Waals surface area contributed by atoms with Gasteiger partial charge in [-0.2, -0.15) is 26.3 Å². The first kappa shape index (κ1) is 32.0. The second-order valence-electron chi connectivity index (χ2n) is 11.6. The highest BCUT2D eigenvalue weighted by Crippen LogP contribution is 2.53. The zero-order chi connectivity index (χ0) is 31.9. The van der Waals surface area contributed by atoms with Crippen LogP contribution in [0.25, 0.3) is 0 Å². The summed E-state index contributed by atoms with van der Waals surface area (Å²) in [7, 11) is 0. The van der Waals surface area contributed by atoms with Crippen LogP contribution < -0.4 is 10.6 Å². The molecular weight excluding hydrogens is 582 g/mol. The molecule has 15 heteroatoms. The average Bonchev–Trinajstić information content (AvgIpc) is 3.81. The Morgan fingerprint density at radius 1 is 0.698 bits per heavy atom. The molecule has 2 aromatic rings. The molecule has 0 aromatic heterocycles. The molecule has 0 atom stereocenters. The topological polar surface area (TPSA) is 117 Å². The molecule has 232 valence electrons. The van der Waals surface area contributed by atoms with Crippen LogP contribution in [-0.4, -0.2) is 48.5 Å². The van der Waals surface area contributed by atoms with Gasteiger partial charge < -0.3 is 15.4 Å². The van der Waals surface area contributed by atoms with E-state index >= 15 is 0 Å². The summed E-state index contributed by atoms with van der Waals surface area (Å²) in [6.07, 6.45) is -8.47. The molecule has 2 aliphatic heterocycles. The van der Waals surface area contributed by atoms with Crippen molar-refractivity contribution in [2.75, 3.05) is 13.2 Å².